The molecule has 6 nitrogen and oxygen atoms in total. The number of amides is 2. The van der Waals surface area contributed by atoms with Gasteiger partial charge in [0.25, 0.3) is 0 Å². The summed E-state index contributed by atoms with van der Waals surface area (Å²) in [6, 6.07) is 8.70. The van der Waals surface area contributed by atoms with Crippen molar-refractivity contribution in [3.8, 4) is 11.5 Å². The third-order valence-electron chi connectivity index (χ3n) is 3.47. The highest BCUT2D eigenvalue weighted by Crippen LogP contribution is 2.36. The zero-order valence-corrected chi connectivity index (χ0v) is 18.8. The van der Waals surface area contributed by atoms with Gasteiger partial charge in [-0.05, 0) is 71.2 Å². The number of hydrogen-bond donors (Lipinski definition) is 2. The topological polar surface area (TPSA) is 72.0 Å². The first-order valence-corrected chi connectivity index (χ1v) is 10.1. The molecule has 148 valence electrons. The number of halogens is 2. The fourth-order valence-corrected chi connectivity index (χ4v) is 3.08. The van der Waals surface area contributed by atoms with Crippen molar-refractivity contribution < 1.29 is 14.3 Å². The molecule has 0 radical (unpaired) electrons. The van der Waals surface area contributed by atoms with Gasteiger partial charge in [0, 0.05) is 10.2 Å². The van der Waals surface area contributed by atoms with Crippen LogP contribution in [-0.2, 0) is 0 Å². The van der Waals surface area contributed by atoms with E-state index in [0.717, 1.165) is 20.1 Å². The SMILES string of the molecule is C=CCOc1c(Br)cc(/C=N/NC(=O)Nc2ccc(Br)c(C)c2)cc1OCC. The lowest BCUT2D eigenvalue weighted by molar-refractivity contribution is 0.252. The van der Waals surface area contributed by atoms with Gasteiger partial charge in [0.1, 0.15) is 6.61 Å². The summed E-state index contributed by atoms with van der Waals surface area (Å²) in [7, 11) is 0. The molecule has 2 N–H and O–H groups in total. The molecule has 0 heterocycles. The number of carbonyl (C=O) groups excluding carboxylic acids is 1. The predicted octanol–water partition coefficient (Wildman–Crippen LogP) is 5.64. The molecule has 0 atom stereocenters. The molecule has 8 heteroatoms. The molecule has 0 unspecified atom stereocenters. The molecule has 0 aliphatic rings. The van der Waals surface area contributed by atoms with Gasteiger partial charge in [0.05, 0.1) is 17.3 Å². The Morgan fingerprint density at radius 3 is 2.68 bits per heavy atom. The summed E-state index contributed by atoms with van der Waals surface area (Å²) < 4.78 is 13.0. The number of ether oxygens (including phenoxy) is 2. The summed E-state index contributed by atoms with van der Waals surface area (Å²) in [4.78, 5) is 12.0. The lowest BCUT2D eigenvalue weighted by atomic mass is 10.2. The number of urea groups is 1. The molecule has 2 amide bonds. The van der Waals surface area contributed by atoms with Crippen molar-refractivity contribution in [3.63, 3.8) is 0 Å². The van der Waals surface area contributed by atoms with Crippen LogP contribution in [0.4, 0.5) is 10.5 Å². The van der Waals surface area contributed by atoms with Crippen molar-refractivity contribution in [2.45, 2.75) is 13.8 Å². The van der Waals surface area contributed by atoms with Crippen LogP contribution >= 0.6 is 31.9 Å². The zero-order valence-electron chi connectivity index (χ0n) is 15.6. The highest BCUT2D eigenvalue weighted by atomic mass is 79.9. The molecular formula is C20H21Br2N3O3. The number of rotatable bonds is 8. The van der Waals surface area contributed by atoms with E-state index in [0.29, 0.717) is 30.4 Å². The summed E-state index contributed by atoms with van der Waals surface area (Å²) in [6.45, 7) is 8.34. The van der Waals surface area contributed by atoms with Crippen molar-refractivity contribution in [1.29, 1.82) is 0 Å². The first kappa shape index (κ1) is 22.0. The fourth-order valence-electron chi connectivity index (χ4n) is 2.25. The molecule has 0 aliphatic heterocycles. The molecule has 0 aromatic heterocycles. The number of nitrogens with one attached hydrogen (secondary N) is 2. The Bertz CT molecular complexity index is 885. The van der Waals surface area contributed by atoms with Crippen LogP contribution in [0.3, 0.4) is 0 Å². The average molecular weight is 511 g/mol. The normalized spacial score (nSPS) is 10.6. The molecule has 0 aliphatic carbocycles. The molecule has 0 fully saturated rings. The minimum Gasteiger partial charge on any atom is -0.490 e. The summed E-state index contributed by atoms with van der Waals surface area (Å²) >= 11 is 6.90. The van der Waals surface area contributed by atoms with Crippen LogP contribution in [0.5, 0.6) is 11.5 Å². The maximum Gasteiger partial charge on any atom is 0.339 e. The first-order chi connectivity index (χ1) is 13.4. The van der Waals surface area contributed by atoms with E-state index < -0.39 is 6.03 Å². The highest BCUT2D eigenvalue weighted by molar-refractivity contribution is 9.10. The van der Waals surface area contributed by atoms with E-state index in [1.807, 2.05) is 32.0 Å². The second-order valence-corrected chi connectivity index (χ2v) is 7.36. The maximum absolute atomic E-state index is 12.0. The number of hydrazone groups is 1. The Morgan fingerprint density at radius 2 is 2.00 bits per heavy atom. The molecule has 0 saturated carbocycles. The Kier molecular flexibility index (Phi) is 8.53. The second-order valence-electron chi connectivity index (χ2n) is 5.65. The van der Waals surface area contributed by atoms with Gasteiger partial charge in [-0.25, -0.2) is 10.2 Å². The number of nitrogens with zero attached hydrogens (tertiary/aromatic N) is 1. The third-order valence-corrected chi connectivity index (χ3v) is 4.95. The van der Waals surface area contributed by atoms with E-state index in [2.05, 4.69) is 54.3 Å². The third kappa shape index (κ3) is 6.38. The largest absolute Gasteiger partial charge is 0.490 e. The van der Waals surface area contributed by atoms with Gasteiger partial charge in [-0.3, -0.25) is 0 Å². The predicted molar refractivity (Wildman–Crippen MR) is 120 cm³/mol. The second kappa shape index (κ2) is 10.9. The number of anilines is 1. The monoisotopic (exact) mass is 509 g/mol. The molecule has 0 spiro atoms. The van der Waals surface area contributed by atoms with Crippen LogP contribution in [0.1, 0.15) is 18.1 Å². The number of carbonyl (C=O) groups is 1. The zero-order chi connectivity index (χ0) is 20.5. The van der Waals surface area contributed by atoms with Crippen molar-refractivity contribution >= 4 is 49.8 Å². The van der Waals surface area contributed by atoms with Crippen molar-refractivity contribution in [1.82, 2.24) is 5.43 Å². The van der Waals surface area contributed by atoms with Gasteiger partial charge in [0.2, 0.25) is 0 Å². The molecule has 2 rings (SSSR count). The maximum atomic E-state index is 12.0. The minimum absolute atomic E-state index is 0.364. The fraction of sp³-hybridized carbons (Fsp3) is 0.200. The molecular weight excluding hydrogens is 490 g/mol. The van der Waals surface area contributed by atoms with Gasteiger partial charge in [-0.2, -0.15) is 5.10 Å². The van der Waals surface area contributed by atoms with E-state index in [9.17, 15) is 4.79 Å². The smallest absolute Gasteiger partial charge is 0.339 e. The number of hydrogen-bond acceptors (Lipinski definition) is 4. The molecule has 0 bridgehead atoms. The summed E-state index contributed by atoms with van der Waals surface area (Å²) in [5.74, 6) is 1.17. The van der Waals surface area contributed by atoms with Gasteiger partial charge in [-0.15, -0.1) is 0 Å². The Labute approximate surface area is 181 Å². The first-order valence-electron chi connectivity index (χ1n) is 8.50. The Morgan fingerprint density at radius 1 is 1.21 bits per heavy atom. The van der Waals surface area contributed by atoms with E-state index in [1.165, 1.54) is 6.21 Å². The standard InChI is InChI=1S/C20H21Br2N3O3/c1-4-8-28-19-17(22)10-14(11-18(19)27-5-2)12-23-25-20(26)24-15-6-7-16(21)13(3)9-15/h4,6-7,9-12H,1,5,8H2,2-3H3,(H2,24,25,26)/b23-12+. The lowest BCUT2D eigenvalue weighted by Gasteiger charge is -2.13. The minimum atomic E-state index is -0.437. The van der Waals surface area contributed by atoms with Crippen LogP contribution in [0.2, 0.25) is 0 Å². The van der Waals surface area contributed by atoms with E-state index in [1.54, 1.807) is 18.2 Å². The van der Waals surface area contributed by atoms with Crippen LogP contribution < -0.4 is 20.2 Å². The Hall–Kier alpha value is -2.32. The summed E-state index contributed by atoms with van der Waals surface area (Å²) in [6.07, 6.45) is 3.18. The van der Waals surface area contributed by atoms with Gasteiger partial charge in [-0.1, -0.05) is 28.6 Å². The quantitative estimate of drug-likeness (QED) is 0.274. The van der Waals surface area contributed by atoms with E-state index in [-0.39, 0.29) is 0 Å². The van der Waals surface area contributed by atoms with Crippen molar-refractivity contribution in [2.24, 2.45) is 5.10 Å². The lowest BCUT2D eigenvalue weighted by Crippen LogP contribution is -2.24. The van der Waals surface area contributed by atoms with Crippen LogP contribution in [0.25, 0.3) is 0 Å². The van der Waals surface area contributed by atoms with Crippen molar-refractivity contribution in [3.05, 3.63) is 63.1 Å². The van der Waals surface area contributed by atoms with Gasteiger partial charge in [0.15, 0.2) is 11.5 Å². The van der Waals surface area contributed by atoms with Gasteiger partial charge >= 0.3 is 6.03 Å². The summed E-state index contributed by atoms with van der Waals surface area (Å²) in [5, 5.41) is 6.71. The van der Waals surface area contributed by atoms with Crippen LogP contribution in [0, 0.1) is 6.92 Å². The van der Waals surface area contributed by atoms with Crippen LogP contribution in [-0.4, -0.2) is 25.5 Å². The summed E-state index contributed by atoms with van der Waals surface area (Å²) in [5.41, 5.74) is 4.88. The van der Waals surface area contributed by atoms with Crippen LogP contribution in [0.15, 0.2) is 57.0 Å². The number of aryl methyl sites for hydroxylation is 1. The Balaban J connectivity index is 2.05. The van der Waals surface area contributed by atoms with Crippen molar-refractivity contribution in [2.75, 3.05) is 18.5 Å². The highest BCUT2D eigenvalue weighted by Gasteiger charge is 2.11. The molecule has 2 aromatic carbocycles. The average Bonchev–Trinajstić information content (AvgIpc) is 2.64. The number of benzene rings is 2. The molecule has 2 aromatic rings. The van der Waals surface area contributed by atoms with E-state index in [4.69, 9.17) is 9.47 Å². The van der Waals surface area contributed by atoms with E-state index >= 15 is 0 Å². The molecule has 0 saturated heterocycles. The molecule has 28 heavy (non-hydrogen) atoms. The van der Waals surface area contributed by atoms with Gasteiger partial charge < -0.3 is 14.8 Å².